The van der Waals surface area contributed by atoms with Gasteiger partial charge in [-0.2, -0.15) is 0 Å². The zero-order valence-corrected chi connectivity index (χ0v) is 17.8. The SMILES string of the molecule is CCc1ccc(OCC(=O)NNC(=O)c2cccc(OC(C)CC)c2)c(Br)c1. The Morgan fingerprint density at radius 3 is 2.57 bits per heavy atom. The third kappa shape index (κ3) is 6.56. The first-order chi connectivity index (χ1) is 13.4. The van der Waals surface area contributed by atoms with Crippen molar-refractivity contribution < 1.29 is 19.1 Å². The quantitative estimate of drug-likeness (QED) is 0.597. The first-order valence-electron chi connectivity index (χ1n) is 9.20. The molecule has 1 unspecified atom stereocenters. The van der Waals surface area contributed by atoms with Crippen LogP contribution in [0, 0.1) is 0 Å². The summed E-state index contributed by atoms with van der Waals surface area (Å²) in [6.07, 6.45) is 1.83. The molecular formula is C21H25BrN2O4. The highest BCUT2D eigenvalue weighted by atomic mass is 79.9. The lowest BCUT2D eigenvalue weighted by Crippen LogP contribution is -2.43. The van der Waals surface area contributed by atoms with Crippen LogP contribution in [0.25, 0.3) is 0 Å². The van der Waals surface area contributed by atoms with Crippen LogP contribution in [0.5, 0.6) is 11.5 Å². The number of carbonyl (C=O) groups excluding carboxylic acids is 2. The van der Waals surface area contributed by atoms with Gasteiger partial charge in [0, 0.05) is 5.56 Å². The highest BCUT2D eigenvalue weighted by Crippen LogP contribution is 2.26. The Bertz CT molecular complexity index is 826. The van der Waals surface area contributed by atoms with E-state index in [1.165, 1.54) is 0 Å². The number of carbonyl (C=O) groups is 2. The Kier molecular flexibility index (Phi) is 8.32. The lowest BCUT2D eigenvalue weighted by atomic mass is 10.2. The van der Waals surface area contributed by atoms with E-state index in [0.717, 1.165) is 22.9 Å². The Balaban J connectivity index is 1.84. The summed E-state index contributed by atoms with van der Waals surface area (Å²) in [6, 6.07) is 12.5. The van der Waals surface area contributed by atoms with Crippen molar-refractivity contribution in [2.24, 2.45) is 0 Å². The van der Waals surface area contributed by atoms with E-state index in [2.05, 4.69) is 33.7 Å². The molecule has 2 N–H and O–H groups in total. The third-order valence-electron chi connectivity index (χ3n) is 4.09. The number of hydrazine groups is 1. The van der Waals surface area contributed by atoms with Crippen molar-refractivity contribution in [2.45, 2.75) is 39.7 Å². The molecular weight excluding hydrogens is 424 g/mol. The highest BCUT2D eigenvalue weighted by molar-refractivity contribution is 9.10. The molecule has 0 aliphatic carbocycles. The van der Waals surface area contributed by atoms with Gasteiger partial charge in [-0.15, -0.1) is 0 Å². The Labute approximate surface area is 173 Å². The van der Waals surface area contributed by atoms with E-state index in [1.54, 1.807) is 30.3 Å². The van der Waals surface area contributed by atoms with E-state index in [-0.39, 0.29) is 12.7 Å². The first-order valence-corrected chi connectivity index (χ1v) is 9.99. The average Bonchev–Trinajstić information content (AvgIpc) is 2.71. The van der Waals surface area contributed by atoms with Crippen LogP contribution in [-0.2, 0) is 11.2 Å². The number of nitrogens with one attached hydrogen (secondary N) is 2. The number of amides is 2. The van der Waals surface area contributed by atoms with Crippen LogP contribution < -0.4 is 20.3 Å². The van der Waals surface area contributed by atoms with Crippen LogP contribution in [-0.4, -0.2) is 24.5 Å². The molecule has 0 fully saturated rings. The molecule has 150 valence electrons. The van der Waals surface area contributed by atoms with Gasteiger partial charge in [-0.25, -0.2) is 0 Å². The molecule has 0 aliphatic rings. The summed E-state index contributed by atoms with van der Waals surface area (Å²) in [4.78, 5) is 24.2. The Morgan fingerprint density at radius 1 is 1.11 bits per heavy atom. The van der Waals surface area contributed by atoms with Gasteiger partial charge in [-0.1, -0.05) is 26.0 Å². The van der Waals surface area contributed by atoms with E-state index >= 15 is 0 Å². The van der Waals surface area contributed by atoms with Crippen LogP contribution in [0.1, 0.15) is 43.1 Å². The van der Waals surface area contributed by atoms with Gasteiger partial charge < -0.3 is 9.47 Å². The number of benzene rings is 2. The topological polar surface area (TPSA) is 76.7 Å². The first kappa shape index (κ1) is 21.8. The molecule has 28 heavy (non-hydrogen) atoms. The van der Waals surface area contributed by atoms with Crippen molar-refractivity contribution in [3.8, 4) is 11.5 Å². The molecule has 0 bridgehead atoms. The molecule has 0 saturated heterocycles. The molecule has 1 atom stereocenters. The van der Waals surface area contributed by atoms with Gasteiger partial charge >= 0.3 is 0 Å². The second-order valence-corrected chi connectivity index (χ2v) is 7.13. The molecule has 2 rings (SSSR count). The summed E-state index contributed by atoms with van der Waals surface area (Å²) in [5, 5.41) is 0. The summed E-state index contributed by atoms with van der Waals surface area (Å²) in [5.41, 5.74) is 6.27. The number of ether oxygens (including phenoxy) is 2. The number of halogens is 1. The van der Waals surface area contributed by atoms with E-state index < -0.39 is 11.8 Å². The fraction of sp³-hybridized carbons (Fsp3) is 0.333. The predicted octanol–water partition coefficient (Wildman–Crippen LogP) is 4.03. The minimum atomic E-state index is -0.466. The molecule has 2 aromatic carbocycles. The maximum Gasteiger partial charge on any atom is 0.276 e. The van der Waals surface area contributed by atoms with Crippen LogP contribution in [0.4, 0.5) is 0 Å². The van der Waals surface area contributed by atoms with Crippen molar-refractivity contribution in [1.29, 1.82) is 0 Å². The Hall–Kier alpha value is -2.54. The molecule has 0 saturated carbocycles. The van der Waals surface area contributed by atoms with Gasteiger partial charge in [0.15, 0.2) is 6.61 Å². The Morgan fingerprint density at radius 2 is 1.89 bits per heavy atom. The van der Waals surface area contributed by atoms with Crippen molar-refractivity contribution in [2.75, 3.05) is 6.61 Å². The fourth-order valence-corrected chi connectivity index (χ4v) is 2.83. The molecule has 0 spiro atoms. The predicted molar refractivity (Wildman–Crippen MR) is 111 cm³/mol. The molecule has 6 nitrogen and oxygen atoms in total. The smallest absolute Gasteiger partial charge is 0.276 e. The number of hydrogen-bond donors (Lipinski definition) is 2. The molecule has 0 heterocycles. The second-order valence-electron chi connectivity index (χ2n) is 6.27. The van der Waals surface area contributed by atoms with Gasteiger partial charge in [0.1, 0.15) is 11.5 Å². The summed E-state index contributed by atoms with van der Waals surface area (Å²) < 4.78 is 12.0. The van der Waals surface area contributed by atoms with Crippen molar-refractivity contribution in [3.05, 3.63) is 58.1 Å². The zero-order chi connectivity index (χ0) is 20.5. The molecule has 0 aliphatic heterocycles. The van der Waals surface area contributed by atoms with Gasteiger partial charge in [0.05, 0.1) is 10.6 Å². The largest absolute Gasteiger partial charge is 0.491 e. The van der Waals surface area contributed by atoms with Gasteiger partial charge in [0.25, 0.3) is 11.8 Å². The molecule has 0 aromatic heterocycles. The fourth-order valence-electron chi connectivity index (χ4n) is 2.29. The van der Waals surface area contributed by atoms with E-state index in [1.807, 2.05) is 26.0 Å². The molecule has 7 heteroatoms. The number of rotatable bonds is 8. The summed E-state index contributed by atoms with van der Waals surface area (Å²) in [5.74, 6) is 0.272. The van der Waals surface area contributed by atoms with E-state index in [9.17, 15) is 9.59 Å². The maximum atomic E-state index is 12.2. The monoisotopic (exact) mass is 448 g/mol. The molecule has 2 aromatic rings. The number of aryl methyl sites for hydroxylation is 1. The summed E-state index contributed by atoms with van der Waals surface area (Å²) in [6.45, 7) is 5.82. The normalized spacial score (nSPS) is 11.4. The molecule has 0 radical (unpaired) electrons. The van der Waals surface area contributed by atoms with Crippen molar-refractivity contribution in [1.82, 2.24) is 10.9 Å². The minimum absolute atomic E-state index is 0.0564. The van der Waals surface area contributed by atoms with Crippen molar-refractivity contribution >= 4 is 27.7 Å². The van der Waals surface area contributed by atoms with Gasteiger partial charge in [-0.05, 0) is 71.6 Å². The standard InChI is InChI=1S/C21H25BrN2O4/c1-4-14(3)28-17-8-6-7-16(12-17)21(26)24-23-20(25)13-27-19-10-9-15(5-2)11-18(19)22/h6-12,14H,4-5,13H2,1-3H3,(H,23,25)(H,24,26). The van der Waals surface area contributed by atoms with Crippen LogP contribution in [0.15, 0.2) is 46.9 Å². The lowest BCUT2D eigenvalue weighted by Gasteiger charge is -2.13. The zero-order valence-electron chi connectivity index (χ0n) is 16.3. The summed E-state index contributed by atoms with van der Waals surface area (Å²) >= 11 is 3.42. The van der Waals surface area contributed by atoms with Crippen LogP contribution in [0.2, 0.25) is 0 Å². The van der Waals surface area contributed by atoms with E-state index in [4.69, 9.17) is 9.47 Å². The minimum Gasteiger partial charge on any atom is -0.491 e. The number of hydrogen-bond acceptors (Lipinski definition) is 4. The third-order valence-corrected chi connectivity index (χ3v) is 4.71. The molecule has 2 amide bonds. The van der Waals surface area contributed by atoms with Crippen LogP contribution >= 0.6 is 15.9 Å². The maximum absolute atomic E-state index is 12.2. The van der Waals surface area contributed by atoms with Gasteiger partial charge in [-0.3, -0.25) is 20.4 Å². The van der Waals surface area contributed by atoms with Gasteiger partial charge in [0.2, 0.25) is 0 Å². The lowest BCUT2D eigenvalue weighted by molar-refractivity contribution is -0.123. The second kappa shape index (κ2) is 10.7. The average molecular weight is 449 g/mol. The highest BCUT2D eigenvalue weighted by Gasteiger charge is 2.11. The van der Waals surface area contributed by atoms with E-state index in [0.29, 0.717) is 17.1 Å². The van der Waals surface area contributed by atoms with Crippen molar-refractivity contribution in [3.63, 3.8) is 0 Å². The summed E-state index contributed by atoms with van der Waals surface area (Å²) in [7, 11) is 0. The van der Waals surface area contributed by atoms with Crippen LogP contribution in [0.3, 0.4) is 0 Å².